The van der Waals surface area contributed by atoms with Crippen LogP contribution >= 0.6 is 0 Å². The van der Waals surface area contributed by atoms with Crippen LogP contribution in [0, 0.1) is 6.92 Å². The summed E-state index contributed by atoms with van der Waals surface area (Å²) in [6.07, 6.45) is 2.51. The SMILES string of the molecule is Cc1cc(CC(=O)N2CCOC[C@](O)(CN3CCCC3)C2)on1. The van der Waals surface area contributed by atoms with Crippen molar-refractivity contribution in [2.45, 2.75) is 31.8 Å². The van der Waals surface area contributed by atoms with Crippen LogP contribution in [0.15, 0.2) is 10.6 Å². The molecule has 23 heavy (non-hydrogen) atoms. The molecule has 0 saturated carbocycles. The summed E-state index contributed by atoms with van der Waals surface area (Å²) >= 11 is 0. The second-order valence-electron chi connectivity index (χ2n) is 6.69. The zero-order valence-electron chi connectivity index (χ0n) is 13.7. The number of hydrogen-bond acceptors (Lipinski definition) is 6. The molecule has 0 radical (unpaired) electrons. The van der Waals surface area contributed by atoms with Crippen molar-refractivity contribution in [3.63, 3.8) is 0 Å². The molecular weight excluding hydrogens is 298 g/mol. The number of carbonyl (C=O) groups excluding carboxylic acids is 1. The number of β-amino-alcohol motifs (C(OH)–C–C–N with tert-alkyl or cyclic N) is 1. The predicted octanol–water partition coefficient (Wildman–Crippen LogP) is 0.211. The van der Waals surface area contributed by atoms with E-state index < -0.39 is 5.60 Å². The number of aromatic nitrogens is 1. The molecule has 0 spiro atoms. The van der Waals surface area contributed by atoms with Crippen LogP contribution in [-0.4, -0.2) is 77.5 Å². The summed E-state index contributed by atoms with van der Waals surface area (Å²) in [5.74, 6) is 0.493. The maximum atomic E-state index is 12.5. The van der Waals surface area contributed by atoms with Crippen molar-refractivity contribution in [1.29, 1.82) is 0 Å². The zero-order chi connectivity index (χ0) is 16.3. The number of aryl methyl sites for hydroxylation is 1. The number of carbonyl (C=O) groups is 1. The van der Waals surface area contributed by atoms with Crippen LogP contribution in [0.25, 0.3) is 0 Å². The van der Waals surface area contributed by atoms with Crippen molar-refractivity contribution >= 4 is 5.91 Å². The van der Waals surface area contributed by atoms with Crippen LogP contribution in [-0.2, 0) is 16.0 Å². The normalized spacial score (nSPS) is 26.4. The molecule has 2 saturated heterocycles. The monoisotopic (exact) mass is 323 g/mol. The number of amides is 1. The smallest absolute Gasteiger partial charge is 0.230 e. The Morgan fingerprint density at radius 1 is 1.39 bits per heavy atom. The topological polar surface area (TPSA) is 79.0 Å². The number of hydrogen-bond donors (Lipinski definition) is 1. The highest BCUT2D eigenvalue weighted by molar-refractivity contribution is 5.78. The van der Waals surface area contributed by atoms with E-state index in [1.165, 1.54) is 12.8 Å². The van der Waals surface area contributed by atoms with Gasteiger partial charge in [-0.3, -0.25) is 4.79 Å². The molecule has 2 aliphatic heterocycles. The molecule has 7 heteroatoms. The minimum Gasteiger partial charge on any atom is -0.384 e. The fourth-order valence-corrected chi connectivity index (χ4v) is 3.34. The molecule has 3 heterocycles. The molecule has 0 bridgehead atoms. The number of nitrogens with zero attached hydrogens (tertiary/aromatic N) is 3. The Morgan fingerprint density at radius 2 is 2.17 bits per heavy atom. The van der Waals surface area contributed by atoms with Crippen molar-refractivity contribution < 1.29 is 19.2 Å². The summed E-state index contributed by atoms with van der Waals surface area (Å²) in [5.41, 5.74) is -0.245. The molecule has 2 aliphatic rings. The number of rotatable bonds is 4. The molecule has 1 amide bonds. The fourth-order valence-electron chi connectivity index (χ4n) is 3.34. The third-order valence-electron chi connectivity index (χ3n) is 4.43. The molecule has 2 fully saturated rings. The molecule has 1 N–H and O–H groups in total. The van der Waals surface area contributed by atoms with Gasteiger partial charge < -0.3 is 24.2 Å². The summed E-state index contributed by atoms with van der Waals surface area (Å²) in [7, 11) is 0. The van der Waals surface area contributed by atoms with Gasteiger partial charge >= 0.3 is 0 Å². The van der Waals surface area contributed by atoms with Crippen LogP contribution in [0.1, 0.15) is 24.3 Å². The minimum atomic E-state index is -1.01. The van der Waals surface area contributed by atoms with Crippen molar-refractivity contribution in [1.82, 2.24) is 15.0 Å². The van der Waals surface area contributed by atoms with Gasteiger partial charge in [-0.05, 0) is 32.9 Å². The largest absolute Gasteiger partial charge is 0.384 e. The van der Waals surface area contributed by atoms with Crippen LogP contribution in [0.2, 0.25) is 0 Å². The van der Waals surface area contributed by atoms with Gasteiger partial charge in [0.2, 0.25) is 5.91 Å². The number of likely N-dealkylation sites (tertiary alicyclic amines) is 1. The highest BCUT2D eigenvalue weighted by Crippen LogP contribution is 2.18. The van der Waals surface area contributed by atoms with E-state index in [9.17, 15) is 9.90 Å². The Balaban J connectivity index is 1.62. The van der Waals surface area contributed by atoms with Crippen LogP contribution < -0.4 is 0 Å². The summed E-state index contributed by atoms with van der Waals surface area (Å²) in [6, 6.07) is 1.77. The van der Waals surface area contributed by atoms with E-state index in [0.717, 1.165) is 18.8 Å². The van der Waals surface area contributed by atoms with Crippen molar-refractivity contribution in [3.8, 4) is 0 Å². The molecular formula is C16H25N3O4. The standard InChI is InChI=1S/C16H25N3O4/c1-13-8-14(23-17-13)9-15(20)19-6-7-22-12-16(21,11-19)10-18-4-2-3-5-18/h8,21H,2-7,9-12H2,1H3/t16-/m0/s1. The van der Waals surface area contributed by atoms with E-state index in [0.29, 0.717) is 32.0 Å². The zero-order valence-corrected chi connectivity index (χ0v) is 13.7. The molecule has 1 atom stereocenters. The van der Waals surface area contributed by atoms with Crippen molar-refractivity contribution in [2.24, 2.45) is 0 Å². The summed E-state index contributed by atoms with van der Waals surface area (Å²) in [5, 5.41) is 14.7. The lowest BCUT2D eigenvalue weighted by Gasteiger charge is -2.33. The summed E-state index contributed by atoms with van der Waals surface area (Å²) in [4.78, 5) is 16.4. The molecule has 0 aromatic carbocycles. The van der Waals surface area contributed by atoms with E-state index in [1.54, 1.807) is 11.0 Å². The Morgan fingerprint density at radius 3 is 2.87 bits per heavy atom. The van der Waals surface area contributed by atoms with Gasteiger partial charge in [0.1, 0.15) is 11.4 Å². The Hall–Kier alpha value is -1.44. The first-order valence-corrected chi connectivity index (χ1v) is 8.27. The maximum Gasteiger partial charge on any atom is 0.230 e. The fraction of sp³-hybridized carbons (Fsp3) is 0.750. The lowest BCUT2D eigenvalue weighted by Crippen LogP contribution is -2.53. The third kappa shape index (κ3) is 4.31. The van der Waals surface area contributed by atoms with E-state index in [4.69, 9.17) is 9.26 Å². The number of aliphatic hydroxyl groups is 1. The highest BCUT2D eigenvalue weighted by Gasteiger charge is 2.36. The molecule has 7 nitrogen and oxygen atoms in total. The Kier molecular flexibility index (Phi) is 4.99. The van der Waals surface area contributed by atoms with Gasteiger partial charge in [0, 0.05) is 19.2 Å². The van der Waals surface area contributed by atoms with Gasteiger partial charge in [-0.1, -0.05) is 5.16 Å². The summed E-state index contributed by atoms with van der Waals surface area (Å²) < 4.78 is 10.7. The quantitative estimate of drug-likeness (QED) is 0.853. The molecule has 0 unspecified atom stereocenters. The highest BCUT2D eigenvalue weighted by atomic mass is 16.5. The van der Waals surface area contributed by atoms with Crippen molar-refractivity contribution in [2.75, 3.05) is 45.9 Å². The minimum absolute atomic E-state index is 0.0634. The van der Waals surface area contributed by atoms with E-state index in [-0.39, 0.29) is 18.9 Å². The van der Waals surface area contributed by atoms with Gasteiger partial charge in [-0.15, -0.1) is 0 Å². The molecule has 128 valence electrons. The van der Waals surface area contributed by atoms with Gasteiger partial charge in [-0.2, -0.15) is 0 Å². The molecule has 1 aromatic rings. The molecule has 1 aromatic heterocycles. The average molecular weight is 323 g/mol. The lowest BCUT2D eigenvalue weighted by molar-refractivity contribution is -0.134. The first kappa shape index (κ1) is 16.4. The molecule has 0 aliphatic carbocycles. The number of ether oxygens (including phenoxy) is 1. The van der Waals surface area contributed by atoms with Gasteiger partial charge in [-0.25, -0.2) is 0 Å². The molecule has 3 rings (SSSR count). The summed E-state index contributed by atoms with van der Waals surface area (Å²) in [6.45, 7) is 5.91. The van der Waals surface area contributed by atoms with Crippen LogP contribution in [0.3, 0.4) is 0 Å². The van der Waals surface area contributed by atoms with E-state index in [2.05, 4.69) is 10.1 Å². The second-order valence-corrected chi connectivity index (χ2v) is 6.69. The van der Waals surface area contributed by atoms with E-state index in [1.807, 2.05) is 6.92 Å². The Labute approximate surface area is 136 Å². The van der Waals surface area contributed by atoms with Crippen molar-refractivity contribution in [3.05, 3.63) is 17.5 Å². The van der Waals surface area contributed by atoms with E-state index >= 15 is 0 Å². The predicted molar refractivity (Wildman–Crippen MR) is 83.0 cm³/mol. The third-order valence-corrected chi connectivity index (χ3v) is 4.43. The van der Waals surface area contributed by atoms with Gasteiger partial charge in [0.25, 0.3) is 0 Å². The first-order valence-electron chi connectivity index (χ1n) is 8.27. The van der Waals surface area contributed by atoms with Crippen LogP contribution in [0.4, 0.5) is 0 Å². The first-order chi connectivity index (χ1) is 11.0. The Bertz CT molecular complexity index is 541. The average Bonchev–Trinajstić information content (AvgIpc) is 3.09. The maximum absolute atomic E-state index is 12.5. The second kappa shape index (κ2) is 6.98. The van der Waals surface area contributed by atoms with Crippen LogP contribution in [0.5, 0.6) is 0 Å². The van der Waals surface area contributed by atoms with Gasteiger partial charge in [0.15, 0.2) is 0 Å². The van der Waals surface area contributed by atoms with Gasteiger partial charge in [0.05, 0.1) is 31.9 Å². The lowest BCUT2D eigenvalue weighted by atomic mass is 10.0.